The molecule has 0 saturated carbocycles. The van der Waals surface area contributed by atoms with Gasteiger partial charge in [0.15, 0.2) is 11.5 Å². The minimum absolute atomic E-state index is 0.0158. The molecule has 0 aliphatic heterocycles. The smallest absolute Gasteiger partial charge is 0.161 e. The molecule has 2 aromatic rings. The van der Waals surface area contributed by atoms with E-state index in [1.807, 2.05) is 19.1 Å². The van der Waals surface area contributed by atoms with E-state index in [0.717, 1.165) is 12.0 Å². The number of aliphatic hydroxyl groups excluding tert-OH is 1. The lowest BCUT2D eigenvalue weighted by Crippen LogP contribution is -2.31. The maximum absolute atomic E-state index is 13.8. The highest BCUT2D eigenvalue weighted by molar-refractivity contribution is 6.31. The molecule has 2 rings (SSSR count). The summed E-state index contributed by atoms with van der Waals surface area (Å²) in [5, 5.41) is 12.8. The largest absolute Gasteiger partial charge is 0.493 e. The Kier molecular flexibility index (Phi) is 7.50. The van der Waals surface area contributed by atoms with Crippen molar-refractivity contribution in [3.05, 3.63) is 58.4 Å². The average molecular weight is 368 g/mol. The second-order valence-electron chi connectivity index (χ2n) is 5.64. The predicted octanol–water partition coefficient (Wildman–Crippen LogP) is 3.93. The van der Waals surface area contributed by atoms with Crippen molar-refractivity contribution in [2.45, 2.75) is 32.5 Å². The van der Waals surface area contributed by atoms with E-state index in [1.165, 1.54) is 6.07 Å². The number of rotatable bonds is 9. The Morgan fingerprint density at radius 2 is 2.04 bits per heavy atom. The molecule has 1 atom stereocenters. The fraction of sp³-hybridized carbons (Fsp3) is 0.368. The normalized spacial score (nSPS) is 12.0. The Hall–Kier alpha value is -1.82. The summed E-state index contributed by atoms with van der Waals surface area (Å²) >= 11 is 6.01. The Morgan fingerprint density at radius 3 is 2.68 bits per heavy atom. The zero-order valence-electron chi connectivity index (χ0n) is 14.4. The van der Waals surface area contributed by atoms with Crippen LogP contribution in [0, 0.1) is 5.82 Å². The Labute approximate surface area is 152 Å². The molecule has 0 fully saturated rings. The first-order chi connectivity index (χ1) is 12.1. The van der Waals surface area contributed by atoms with Gasteiger partial charge in [-0.3, -0.25) is 0 Å². The number of methoxy groups -OCH3 is 1. The van der Waals surface area contributed by atoms with Gasteiger partial charge in [-0.1, -0.05) is 30.7 Å². The molecule has 4 nitrogen and oxygen atoms in total. The summed E-state index contributed by atoms with van der Waals surface area (Å²) in [5.74, 6) is 0.672. The summed E-state index contributed by atoms with van der Waals surface area (Å²) < 4.78 is 24.9. The Morgan fingerprint density at radius 1 is 1.24 bits per heavy atom. The molecule has 136 valence electrons. The van der Waals surface area contributed by atoms with Crippen LogP contribution in [0.15, 0.2) is 36.4 Å². The molecule has 0 saturated heterocycles. The van der Waals surface area contributed by atoms with Gasteiger partial charge in [-0.05, 0) is 36.2 Å². The molecule has 0 unspecified atom stereocenters. The number of benzene rings is 2. The molecule has 2 N–H and O–H groups in total. The summed E-state index contributed by atoms with van der Waals surface area (Å²) in [5.41, 5.74) is 1.31. The van der Waals surface area contributed by atoms with E-state index in [9.17, 15) is 9.50 Å². The van der Waals surface area contributed by atoms with Gasteiger partial charge in [0.05, 0.1) is 18.7 Å². The van der Waals surface area contributed by atoms with E-state index in [0.29, 0.717) is 28.6 Å². The van der Waals surface area contributed by atoms with Crippen molar-refractivity contribution in [1.29, 1.82) is 0 Å². The van der Waals surface area contributed by atoms with Gasteiger partial charge in [0.2, 0.25) is 0 Å². The first kappa shape index (κ1) is 19.5. The first-order valence-electron chi connectivity index (χ1n) is 8.15. The molecule has 0 spiro atoms. The molecule has 0 aliphatic carbocycles. The van der Waals surface area contributed by atoms with Gasteiger partial charge >= 0.3 is 0 Å². The number of nitrogens with one attached hydrogen (secondary N) is 1. The lowest BCUT2D eigenvalue weighted by Gasteiger charge is -2.16. The average Bonchev–Trinajstić information content (AvgIpc) is 2.62. The van der Waals surface area contributed by atoms with Crippen LogP contribution < -0.4 is 14.8 Å². The van der Waals surface area contributed by atoms with Crippen LogP contribution in [0.4, 0.5) is 4.39 Å². The standard InChI is InChI=1S/C19H23ClFNO3/c1-3-14(11-23)22-10-13-7-8-18(19(9-13)24-2)25-12-15-16(20)5-4-6-17(15)21/h4-9,14,22-23H,3,10-12H2,1-2H3/t14-/m0/s1. The number of hydrogen-bond acceptors (Lipinski definition) is 4. The fourth-order valence-corrected chi connectivity index (χ4v) is 2.58. The zero-order chi connectivity index (χ0) is 18.2. The van der Waals surface area contributed by atoms with E-state index < -0.39 is 5.82 Å². The lowest BCUT2D eigenvalue weighted by atomic mass is 10.1. The minimum Gasteiger partial charge on any atom is -0.493 e. The van der Waals surface area contributed by atoms with Gasteiger partial charge < -0.3 is 19.9 Å². The van der Waals surface area contributed by atoms with Gasteiger partial charge in [-0.25, -0.2) is 4.39 Å². The van der Waals surface area contributed by atoms with Crippen molar-refractivity contribution in [1.82, 2.24) is 5.32 Å². The van der Waals surface area contributed by atoms with E-state index in [1.54, 1.807) is 25.3 Å². The number of hydrogen-bond donors (Lipinski definition) is 2. The van der Waals surface area contributed by atoms with Gasteiger partial charge in [-0.2, -0.15) is 0 Å². The van der Waals surface area contributed by atoms with Crippen molar-refractivity contribution in [3.8, 4) is 11.5 Å². The lowest BCUT2D eigenvalue weighted by molar-refractivity contribution is 0.238. The van der Waals surface area contributed by atoms with Gasteiger partial charge in [0.1, 0.15) is 12.4 Å². The van der Waals surface area contributed by atoms with Crippen molar-refractivity contribution >= 4 is 11.6 Å². The van der Waals surface area contributed by atoms with Crippen LogP contribution in [-0.2, 0) is 13.2 Å². The maximum Gasteiger partial charge on any atom is 0.161 e. The van der Waals surface area contributed by atoms with Crippen LogP contribution in [0.25, 0.3) is 0 Å². The molecule has 6 heteroatoms. The van der Waals surface area contributed by atoms with Crippen molar-refractivity contribution in [2.24, 2.45) is 0 Å². The molecule has 0 aromatic heterocycles. The Balaban J connectivity index is 2.06. The molecule has 0 amide bonds. The van der Waals surface area contributed by atoms with Crippen LogP contribution in [0.1, 0.15) is 24.5 Å². The number of ether oxygens (including phenoxy) is 2. The van der Waals surface area contributed by atoms with Crippen LogP contribution in [-0.4, -0.2) is 24.9 Å². The summed E-state index contributed by atoms with van der Waals surface area (Å²) in [6.45, 7) is 2.73. The molecule has 0 aliphatic rings. The van der Waals surface area contributed by atoms with Crippen LogP contribution in [0.5, 0.6) is 11.5 Å². The third kappa shape index (κ3) is 5.33. The van der Waals surface area contributed by atoms with Crippen molar-refractivity contribution in [2.75, 3.05) is 13.7 Å². The molecule has 2 aromatic carbocycles. The molecular formula is C19H23ClFNO3. The van der Waals surface area contributed by atoms with E-state index in [4.69, 9.17) is 21.1 Å². The zero-order valence-corrected chi connectivity index (χ0v) is 15.1. The topological polar surface area (TPSA) is 50.7 Å². The van der Waals surface area contributed by atoms with Gasteiger partial charge in [0, 0.05) is 18.2 Å². The quantitative estimate of drug-likeness (QED) is 0.705. The highest BCUT2D eigenvalue weighted by Crippen LogP contribution is 2.30. The van der Waals surface area contributed by atoms with Crippen LogP contribution in [0.3, 0.4) is 0 Å². The first-order valence-corrected chi connectivity index (χ1v) is 8.53. The summed E-state index contributed by atoms with van der Waals surface area (Å²) in [6, 6.07) is 10.1. The van der Waals surface area contributed by atoms with E-state index in [-0.39, 0.29) is 19.3 Å². The minimum atomic E-state index is -0.401. The number of halogens is 2. The SMILES string of the molecule is CC[C@@H](CO)NCc1ccc(OCc2c(F)cccc2Cl)c(OC)c1. The van der Waals surface area contributed by atoms with Crippen LogP contribution >= 0.6 is 11.6 Å². The van der Waals surface area contributed by atoms with Gasteiger partial charge in [0.25, 0.3) is 0 Å². The molecule has 0 radical (unpaired) electrons. The highest BCUT2D eigenvalue weighted by Gasteiger charge is 2.11. The molecule has 0 bridgehead atoms. The summed E-state index contributed by atoms with van der Waals surface area (Å²) in [6.07, 6.45) is 0.845. The molecular weight excluding hydrogens is 345 g/mol. The van der Waals surface area contributed by atoms with Gasteiger partial charge in [-0.15, -0.1) is 0 Å². The summed E-state index contributed by atoms with van der Waals surface area (Å²) in [4.78, 5) is 0. The van der Waals surface area contributed by atoms with Crippen LogP contribution in [0.2, 0.25) is 5.02 Å². The van der Waals surface area contributed by atoms with E-state index in [2.05, 4.69) is 5.32 Å². The number of aliphatic hydroxyl groups is 1. The van der Waals surface area contributed by atoms with E-state index >= 15 is 0 Å². The monoisotopic (exact) mass is 367 g/mol. The second kappa shape index (κ2) is 9.61. The third-order valence-corrected chi connectivity index (χ3v) is 4.32. The fourth-order valence-electron chi connectivity index (χ4n) is 2.36. The molecule has 25 heavy (non-hydrogen) atoms. The third-order valence-electron chi connectivity index (χ3n) is 3.97. The van der Waals surface area contributed by atoms with Crippen molar-refractivity contribution < 1.29 is 19.0 Å². The summed E-state index contributed by atoms with van der Waals surface area (Å²) in [7, 11) is 1.55. The predicted molar refractivity (Wildman–Crippen MR) is 96.7 cm³/mol. The van der Waals surface area contributed by atoms with Crippen molar-refractivity contribution in [3.63, 3.8) is 0 Å². The second-order valence-corrected chi connectivity index (χ2v) is 6.05. The highest BCUT2D eigenvalue weighted by atomic mass is 35.5. The maximum atomic E-state index is 13.8. The molecule has 0 heterocycles. The Bertz CT molecular complexity index is 672.